The van der Waals surface area contributed by atoms with Gasteiger partial charge in [0.1, 0.15) is 11.3 Å². The van der Waals surface area contributed by atoms with Crippen molar-refractivity contribution >= 4 is 39.9 Å². The molecule has 4 rings (SSSR count). The molecule has 2 fully saturated rings. The average Bonchev–Trinajstić information content (AvgIpc) is 2.81. The number of hydrogen-bond donors (Lipinski definition) is 0. The fraction of sp³-hybridized carbons (Fsp3) is 0.500. The van der Waals surface area contributed by atoms with E-state index in [1.54, 1.807) is 0 Å². The number of hydrogen-bond acceptors (Lipinski definition) is 4. The van der Waals surface area contributed by atoms with Gasteiger partial charge < -0.3 is 4.90 Å². The summed E-state index contributed by atoms with van der Waals surface area (Å²) < 4.78 is 14.1. The van der Waals surface area contributed by atoms with Gasteiger partial charge in [-0.2, -0.15) is 4.98 Å². The molecule has 0 unspecified atom stereocenters. The van der Waals surface area contributed by atoms with E-state index >= 15 is 0 Å². The van der Waals surface area contributed by atoms with Gasteiger partial charge in [-0.15, -0.1) is 0 Å². The van der Waals surface area contributed by atoms with E-state index in [2.05, 4.69) is 19.9 Å². The number of halogens is 3. The molecule has 3 heterocycles. The Hall–Kier alpha value is -1.20. The van der Waals surface area contributed by atoms with Gasteiger partial charge in [0.05, 0.1) is 5.39 Å². The molecule has 1 saturated carbocycles. The smallest absolute Gasteiger partial charge is 0.225 e. The molecule has 0 N–H and O–H groups in total. The molecule has 1 aliphatic heterocycles. The van der Waals surface area contributed by atoms with Crippen molar-refractivity contribution in [2.75, 3.05) is 18.0 Å². The third kappa shape index (κ3) is 2.23. The first kappa shape index (κ1) is 13.5. The highest BCUT2D eigenvalue weighted by Gasteiger charge is 2.34. The van der Waals surface area contributed by atoms with Crippen LogP contribution in [0.2, 0.25) is 10.4 Å². The molecular formula is C14H13Cl2FN4. The van der Waals surface area contributed by atoms with E-state index in [1.807, 2.05) is 0 Å². The van der Waals surface area contributed by atoms with Crippen LogP contribution in [0.3, 0.4) is 0 Å². The zero-order chi connectivity index (χ0) is 14.6. The Balaban J connectivity index is 1.86. The van der Waals surface area contributed by atoms with Crippen molar-refractivity contribution in [3.05, 3.63) is 22.5 Å². The van der Waals surface area contributed by atoms with Crippen molar-refractivity contribution in [3.8, 4) is 0 Å². The summed E-state index contributed by atoms with van der Waals surface area (Å²) in [6.07, 6.45) is 5.33. The van der Waals surface area contributed by atoms with Gasteiger partial charge in [-0.1, -0.05) is 11.6 Å². The lowest BCUT2D eigenvalue weighted by atomic mass is 9.99. The zero-order valence-corrected chi connectivity index (χ0v) is 12.7. The Morgan fingerprint density at radius 1 is 1.14 bits per heavy atom. The second-order valence-electron chi connectivity index (χ2n) is 5.89. The van der Waals surface area contributed by atoms with Crippen LogP contribution >= 0.6 is 23.2 Å². The summed E-state index contributed by atoms with van der Waals surface area (Å²) in [4.78, 5) is 14.4. The largest absolute Gasteiger partial charge is 0.355 e. The minimum Gasteiger partial charge on any atom is -0.355 e. The number of anilines is 1. The van der Waals surface area contributed by atoms with E-state index in [0.717, 1.165) is 13.1 Å². The van der Waals surface area contributed by atoms with Crippen LogP contribution < -0.4 is 4.90 Å². The summed E-state index contributed by atoms with van der Waals surface area (Å²) in [6, 6.07) is 0. The second kappa shape index (κ2) is 4.92. The molecule has 4 nitrogen and oxygen atoms in total. The second-order valence-corrected chi connectivity index (χ2v) is 6.59. The Bertz CT molecular complexity index is 712. The normalized spacial score (nSPS) is 24.8. The minimum absolute atomic E-state index is 0.0385. The van der Waals surface area contributed by atoms with Crippen molar-refractivity contribution in [1.29, 1.82) is 0 Å². The highest BCUT2D eigenvalue weighted by molar-refractivity contribution is 6.30. The van der Waals surface area contributed by atoms with Crippen LogP contribution in [0.1, 0.15) is 19.3 Å². The Kier molecular flexibility index (Phi) is 3.15. The fourth-order valence-corrected chi connectivity index (χ4v) is 3.92. The maximum Gasteiger partial charge on any atom is 0.225 e. The van der Waals surface area contributed by atoms with E-state index in [0.29, 0.717) is 23.0 Å². The molecule has 0 amide bonds. The summed E-state index contributed by atoms with van der Waals surface area (Å²) in [7, 11) is 0. The van der Waals surface area contributed by atoms with Crippen molar-refractivity contribution < 1.29 is 4.39 Å². The first-order chi connectivity index (χ1) is 10.1. The summed E-state index contributed by atoms with van der Waals surface area (Å²) in [5.41, 5.74) is 0.142. The van der Waals surface area contributed by atoms with Crippen molar-refractivity contribution in [2.45, 2.75) is 19.3 Å². The summed E-state index contributed by atoms with van der Waals surface area (Å²) >= 11 is 11.7. The molecule has 110 valence electrons. The predicted octanol–water partition coefficient (Wildman–Crippen LogP) is 3.71. The Morgan fingerprint density at radius 2 is 1.86 bits per heavy atom. The average molecular weight is 327 g/mol. The topological polar surface area (TPSA) is 41.9 Å². The molecule has 0 radical (unpaired) electrons. The SMILES string of the molecule is Fc1c(Cl)ncc2c(N3C[C@@H]4CC[C@@H](C4)C3)nc(Cl)nc12. The van der Waals surface area contributed by atoms with E-state index in [-0.39, 0.29) is 16.0 Å². The molecule has 2 bridgehead atoms. The highest BCUT2D eigenvalue weighted by Crippen LogP contribution is 2.39. The molecule has 2 aromatic heterocycles. The van der Waals surface area contributed by atoms with Gasteiger partial charge in [-0.05, 0) is 42.7 Å². The monoisotopic (exact) mass is 326 g/mol. The number of nitrogens with zero attached hydrogens (tertiary/aromatic N) is 4. The van der Waals surface area contributed by atoms with Crippen molar-refractivity contribution in [1.82, 2.24) is 15.0 Å². The third-order valence-electron chi connectivity index (χ3n) is 4.50. The van der Waals surface area contributed by atoms with Gasteiger partial charge in [0.25, 0.3) is 0 Å². The molecule has 1 saturated heterocycles. The standard InChI is InChI=1S/C14H13Cl2FN4/c15-12-10(17)11-9(4-18-12)13(20-14(16)19-11)21-5-7-1-2-8(3-7)6-21/h4,7-8H,1-3,5-6H2/t7-,8+. The van der Waals surface area contributed by atoms with Crippen LogP contribution in [0.15, 0.2) is 6.20 Å². The lowest BCUT2D eigenvalue weighted by Crippen LogP contribution is -2.37. The van der Waals surface area contributed by atoms with Gasteiger partial charge in [0, 0.05) is 19.3 Å². The van der Waals surface area contributed by atoms with Crippen LogP contribution in [0.25, 0.3) is 10.9 Å². The fourth-order valence-electron chi connectivity index (χ4n) is 3.61. The number of aromatic nitrogens is 3. The minimum atomic E-state index is -0.639. The third-order valence-corrected chi connectivity index (χ3v) is 4.93. The van der Waals surface area contributed by atoms with Gasteiger partial charge in [0.15, 0.2) is 11.0 Å². The quantitative estimate of drug-likeness (QED) is 0.591. The molecule has 21 heavy (non-hydrogen) atoms. The van der Waals surface area contributed by atoms with Gasteiger partial charge in [0.2, 0.25) is 5.28 Å². The maximum atomic E-state index is 14.1. The van der Waals surface area contributed by atoms with E-state index in [1.165, 1.54) is 25.5 Å². The first-order valence-corrected chi connectivity index (χ1v) is 7.79. The Labute approximate surface area is 131 Å². The number of rotatable bonds is 1. The molecule has 7 heteroatoms. The van der Waals surface area contributed by atoms with E-state index < -0.39 is 5.82 Å². The van der Waals surface area contributed by atoms with Gasteiger partial charge in [-0.3, -0.25) is 0 Å². The number of fused-ring (bicyclic) bond motifs is 3. The van der Waals surface area contributed by atoms with Crippen LogP contribution in [0, 0.1) is 17.7 Å². The van der Waals surface area contributed by atoms with E-state index in [4.69, 9.17) is 23.2 Å². The van der Waals surface area contributed by atoms with Crippen LogP contribution in [0.4, 0.5) is 10.2 Å². The Morgan fingerprint density at radius 3 is 2.57 bits per heavy atom. The van der Waals surface area contributed by atoms with E-state index in [9.17, 15) is 4.39 Å². The van der Waals surface area contributed by atoms with Crippen molar-refractivity contribution in [3.63, 3.8) is 0 Å². The molecule has 0 spiro atoms. The van der Waals surface area contributed by atoms with Crippen LogP contribution in [0.5, 0.6) is 0 Å². The maximum absolute atomic E-state index is 14.1. The first-order valence-electron chi connectivity index (χ1n) is 7.04. The zero-order valence-electron chi connectivity index (χ0n) is 11.2. The van der Waals surface area contributed by atoms with Crippen LogP contribution in [-0.2, 0) is 0 Å². The molecular weight excluding hydrogens is 314 g/mol. The molecule has 2 aromatic rings. The van der Waals surface area contributed by atoms with Crippen LogP contribution in [-0.4, -0.2) is 28.0 Å². The van der Waals surface area contributed by atoms with Gasteiger partial charge in [-0.25, -0.2) is 14.4 Å². The molecule has 1 aliphatic carbocycles. The lowest BCUT2D eigenvalue weighted by Gasteiger charge is -2.33. The molecule has 2 atom stereocenters. The summed E-state index contributed by atoms with van der Waals surface area (Å²) in [5, 5.41) is 0.418. The number of pyridine rings is 1. The summed E-state index contributed by atoms with van der Waals surface area (Å²) in [6.45, 7) is 1.87. The highest BCUT2D eigenvalue weighted by atomic mass is 35.5. The predicted molar refractivity (Wildman–Crippen MR) is 80.4 cm³/mol. The summed E-state index contributed by atoms with van der Waals surface area (Å²) in [5.74, 6) is 1.42. The van der Waals surface area contributed by atoms with Crippen molar-refractivity contribution in [2.24, 2.45) is 11.8 Å². The molecule has 0 aromatic carbocycles. The van der Waals surface area contributed by atoms with Gasteiger partial charge >= 0.3 is 0 Å². The molecule has 2 aliphatic rings. The number of piperidine rings is 1. The lowest BCUT2D eigenvalue weighted by molar-refractivity contribution is 0.419.